The Kier molecular flexibility index (Phi) is 3.31. The fraction of sp³-hybridized carbons (Fsp3) is 0.900. The molecule has 76 valence electrons. The summed E-state index contributed by atoms with van der Waals surface area (Å²) >= 11 is 0. The van der Waals surface area contributed by atoms with Gasteiger partial charge in [-0.15, -0.1) is 0 Å². The van der Waals surface area contributed by atoms with Crippen molar-refractivity contribution in [2.45, 2.75) is 39.2 Å². The van der Waals surface area contributed by atoms with Crippen LogP contribution in [-0.2, 0) is 4.79 Å². The molecule has 3 heteroatoms. The minimum absolute atomic E-state index is 0.0242. The lowest BCUT2D eigenvalue weighted by molar-refractivity contribution is -0.135. The van der Waals surface area contributed by atoms with Crippen LogP contribution in [0.1, 0.15) is 33.6 Å². The second-order valence-corrected chi connectivity index (χ2v) is 4.28. The van der Waals surface area contributed by atoms with Crippen molar-refractivity contribution in [2.24, 2.45) is 0 Å². The third-order valence-electron chi connectivity index (χ3n) is 2.55. The van der Waals surface area contributed by atoms with Crippen LogP contribution in [0.25, 0.3) is 0 Å². The average Bonchev–Trinajstić information content (AvgIpc) is 2.17. The van der Waals surface area contributed by atoms with E-state index in [0.29, 0.717) is 6.42 Å². The summed E-state index contributed by atoms with van der Waals surface area (Å²) in [7, 11) is 0. The van der Waals surface area contributed by atoms with Crippen LogP contribution in [0.2, 0.25) is 0 Å². The first-order valence-electron chi connectivity index (χ1n) is 5.09. The van der Waals surface area contributed by atoms with E-state index in [0.717, 1.165) is 26.1 Å². The zero-order valence-electron chi connectivity index (χ0n) is 8.89. The van der Waals surface area contributed by atoms with Gasteiger partial charge in [0.05, 0.1) is 0 Å². The van der Waals surface area contributed by atoms with E-state index in [1.165, 1.54) is 0 Å². The van der Waals surface area contributed by atoms with Crippen LogP contribution in [0.4, 0.5) is 0 Å². The second-order valence-electron chi connectivity index (χ2n) is 4.28. The van der Waals surface area contributed by atoms with Crippen molar-refractivity contribution in [1.29, 1.82) is 0 Å². The van der Waals surface area contributed by atoms with Crippen LogP contribution in [0, 0.1) is 0 Å². The number of amides is 1. The summed E-state index contributed by atoms with van der Waals surface area (Å²) in [5, 5.41) is 3.29. The van der Waals surface area contributed by atoms with Crippen molar-refractivity contribution in [3.63, 3.8) is 0 Å². The number of carbonyl (C=O) groups is 1. The quantitative estimate of drug-likeness (QED) is 0.694. The lowest BCUT2D eigenvalue weighted by atomic mass is 10.0. The molecule has 0 saturated carbocycles. The van der Waals surface area contributed by atoms with Crippen LogP contribution in [0.3, 0.4) is 0 Å². The van der Waals surface area contributed by atoms with Gasteiger partial charge in [0.1, 0.15) is 0 Å². The van der Waals surface area contributed by atoms with Crippen molar-refractivity contribution >= 4 is 5.91 Å². The Morgan fingerprint density at radius 1 is 1.54 bits per heavy atom. The van der Waals surface area contributed by atoms with Crippen molar-refractivity contribution < 1.29 is 4.79 Å². The molecule has 1 aliphatic rings. The molecule has 1 heterocycles. The molecule has 0 bridgehead atoms. The predicted molar refractivity (Wildman–Crippen MR) is 53.6 cm³/mol. The number of hydrogen-bond donors (Lipinski definition) is 1. The van der Waals surface area contributed by atoms with E-state index in [9.17, 15) is 4.79 Å². The van der Waals surface area contributed by atoms with Crippen molar-refractivity contribution in [1.82, 2.24) is 10.2 Å². The van der Waals surface area contributed by atoms with Crippen molar-refractivity contribution in [3.8, 4) is 0 Å². The highest BCUT2D eigenvalue weighted by Gasteiger charge is 2.31. The van der Waals surface area contributed by atoms with Gasteiger partial charge in [0.15, 0.2) is 0 Å². The molecule has 0 aromatic rings. The Hall–Kier alpha value is -0.570. The van der Waals surface area contributed by atoms with Crippen LogP contribution >= 0.6 is 0 Å². The Morgan fingerprint density at radius 2 is 2.23 bits per heavy atom. The van der Waals surface area contributed by atoms with Gasteiger partial charge in [0.25, 0.3) is 0 Å². The smallest absolute Gasteiger partial charge is 0.224 e. The van der Waals surface area contributed by atoms with Crippen LogP contribution < -0.4 is 5.32 Å². The normalized spacial score (nSPS) is 23.0. The molecule has 0 radical (unpaired) electrons. The summed E-state index contributed by atoms with van der Waals surface area (Å²) in [5.41, 5.74) is -0.0242. The first kappa shape index (κ1) is 10.5. The van der Waals surface area contributed by atoms with Crippen molar-refractivity contribution in [3.05, 3.63) is 0 Å². The van der Waals surface area contributed by atoms with E-state index in [1.54, 1.807) is 0 Å². The Labute approximate surface area is 80.5 Å². The highest BCUT2D eigenvalue weighted by Crippen LogP contribution is 2.17. The molecule has 13 heavy (non-hydrogen) atoms. The fourth-order valence-electron chi connectivity index (χ4n) is 1.81. The van der Waals surface area contributed by atoms with Crippen LogP contribution in [-0.4, -0.2) is 36.0 Å². The van der Waals surface area contributed by atoms with Gasteiger partial charge in [-0.2, -0.15) is 0 Å². The summed E-state index contributed by atoms with van der Waals surface area (Å²) in [5.74, 6) is 0.289. The van der Waals surface area contributed by atoms with E-state index in [1.807, 2.05) is 4.90 Å². The first-order valence-corrected chi connectivity index (χ1v) is 5.09. The Balaban J connectivity index is 2.73. The molecule has 0 aromatic carbocycles. The molecule has 0 spiro atoms. The number of nitrogens with one attached hydrogen (secondary N) is 1. The van der Waals surface area contributed by atoms with Gasteiger partial charge in [-0.3, -0.25) is 4.79 Å². The van der Waals surface area contributed by atoms with E-state index in [2.05, 4.69) is 26.1 Å². The maximum absolute atomic E-state index is 11.7. The summed E-state index contributed by atoms with van der Waals surface area (Å²) < 4.78 is 0. The summed E-state index contributed by atoms with van der Waals surface area (Å²) in [4.78, 5) is 13.7. The molecule has 1 saturated heterocycles. The van der Waals surface area contributed by atoms with E-state index in [4.69, 9.17) is 0 Å². The standard InChI is InChI=1S/C10H20N2O/c1-4-7-12-9(13)5-6-11-8-10(12,2)3/h11H,4-8H2,1-3H3. The number of hydrogen-bond acceptors (Lipinski definition) is 2. The monoisotopic (exact) mass is 184 g/mol. The largest absolute Gasteiger partial charge is 0.336 e. The topological polar surface area (TPSA) is 32.3 Å². The van der Waals surface area contributed by atoms with Gasteiger partial charge in [0, 0.05) is 31.6 Å². The third kappa shape index (κ3) is 2.44. The summed E-state index contributed by atoms with van der Waals surface area (Å²) in [6.07, 6.45) is 1.68. The molecular formula is C10H20N2O. The number of rotatable bonds is 2. The van der Waals surface area contributed by atoms with Crippen LogP contribution in [0.5, 0.6) is 0 Å². The van der Waals surface area contributed by atoms with Crippen molar-refractivity contribution in [2.75, 3.05) is 19.6 Å². The average molecular weight is 184 g/mol. The third-order valence-corrected chi connectivity index (χ3v) is 2.55. The Bertz CT molecular complexity index is 189. The molecule has 0 aliphatic carbocycles. The van der Waals surface area contributed by atoms with Crippen LogP contribution in [0.15, 0.2) is 0 Å². The fourth-order valence-corrected chi connectivity index (χ4v) is 1.81. The van der Waals surface area contributed by atoms with Gasteiger partial charge in [-0.1, -0.05) is 6.92 Å². The highest BCUT2D eigenvalue weighted by atomic mass is 16.2. The maximum Gasteiger partial charge on any atom is 0.224 e. The predicted octanol–water partition coefficient (Wildman–Crippen LogP) is 0.997. The number of nitrogens with zero attached hydrogens (tertiary/aromatic N) is 1. The molecule has 0 unspecified atom stereocenters. The zero-order valence-corrected chi connectivity index (χ0v) is 8.89. The van der Waals surface area contributed by atoms with Gasteiger partial charge in [0.2, 0.25) is 5.91 Å². The molecule has 1 fully saturated rings. The van der Waals surface area contributed by atoms with Gasteiger partial charge < -0.3 is 10.2 Å². The van der Waals surface area contributed by atoms with Gasteiger partial charge in [-0.05, 0) is 20.3 Å². The van der Waals surface area contributed by atoms with Gasteiger partial charge in [-0.25, -0.2) is 0 Å². The molecular weight excluding hydrogens is 164 g/mol. The van der Waals surface area contributed by atoms with Gasteiger partial charge >= 0.3 is 0 Å². The van der Waals surface area contributed by atoms with E-state index in [-0.39, 0.29) is 11.4 Å². The lowest BCUT2D eigenvalue weighted by Crippen LogP contribution is -2.50. The summed E-state index contributed by atoms with van der Waals surface area (Å²) in [6, 6.07) is 0. The molecule has 0 atom stereocenters. The molecule has 1 aliphatic heterocycles. The summed E-state index contributed by atoms with van der Waals surface area (Å²) in [6.45, 7) is 8.97. The first-order chi connectivity index (χ1) is 6.08. The minimum Gasteiger partial charge on any atom is -0.336 e. The maximum atomic E-state index is 11.7. The SMILES string of the molecule is CCCN1C(=O)CCNCC1(C)C. The molecule has 1 amide bonds. The lowest BCUT2D eigenvalue weighted by Gasteiger charge is -2.36. The minimum atomic E-state index is -0.0242. The molecule has 0 aromatic heterocycles. The van der Waals surface area contributed by atoms with E-state index < -0.39 is 0 Å². The number of carbonyl (C=O) groups excluding carboxylic acids is 1. The van der Waals surface area contributed by atoms with E-state index >= 15 is 0 Å². The Morgan fingerprint density at radius 3 is 2.85 bits per heavy atom. The molecule has 1 N–H and O–H groups in total. The zero-order chi connectivity index (χ0) is 9.90. The molecule has 3 nitrogen and oxygen atoms in total. The molecule has 1 rings (SSSR count). The second kappa shape index (κ2) is 4.09. The highest BCUT2D eigenvalue weighted by molar-refractivity contribution is 5.77.